The molecule has 2 fully saturated rings. The van der Waals surface area contributed by atoms with Gasteiger partial charge in [-0.15, -0.1) is 23.8 Å². The van der Waals surface area contributed by atoms with Crippen LogP contribution in [-0.2, 0) is 23.3 Å². The molecule has 8 unspecified atom stereocenters. The predicted molar refractivity (Wildman–Crippen MR) is 213 cm³/mol. The maximum atomic E-state index is 2.99. The SMILES string of the molecule is CC1=CC=CC2[CH-]C3(C)C4(C)C=CC=CC4(C)C4(C)C=CC=CC4(C)C3(C)C12C.Cc1cccc([Si](=[Zr+2])c2cccc(C)c2)c1.[C-]1=CC=CC1.[Cl-].[Cl-]. The minimum atomic E-state index is -0.499. The Labute approximate surface area is 343 Å². The van der Waals surface area contributed by atoms with Crippen LogP contribution in [0.1, 0.15) is 72.9 Å². The summed E-state index contributed by atoms with van der Waals surface area (Å²) in [5, 5.41) is 3.07. The summed E-state index contributed by atoms with van der Waals surface area (Å²) in [6.45, 7) is 24.6. The standard InChI is InChI=1S/C29H37.C14H14Si.C5H5.2ClH.Zr/c1-21-14-13-15-22-20-27(6)25(4)18-10-9-16-23(25,2)24(3)17-11-12-19-26(24,5)29(27,8)28(21,22)7;1-11-5-3-7-13(9-11)15-14-8-4-6-12(2)10-14;1-2-4-5-3-1;;;/h9-20,22H,1-8H3;3-10H,1-2H3;1-3H,4H2;2*1H;/q-1;;-1;;;+2/p-2. The Morgan fingerprint density at radius 3 is 1.63 bits per heavy atom. The molecule has 0 aliphatic heterocycles. The van der Waals surface area contributed by atoms with Crippen LogP contribution in [0, 0.1) is 70.2 Å². The fourth-order valence-corrected chi connectivity index (χ4v) is 15.2. The second-order valence-corrected chi connectivity index (χ2v) is 22.4. The summed E-state index contributed by atoms with van der Waals surface area (Å²) >= 11 is 1.65. The first kappa shape index (κ1) is 42.8. The zero-order valence-electron chi connectivity index (χ0n) is 32.8. The van der Waals surface area contributed by atoms with Crippen LogP contribution >= 0.6 is 0 Å². The molecule has 0 N–H and O–H groups in total. The third kappa shape index (κ3) is 5.83. The van der Waals surface area contributed by atoms with Crippen molar-refractivity contribution >= 4 is 15.8 Å². The largest absolute Gasteiger partial charge is 1.00 e. The molecule has 8 atom stereocenters. The number of benzene rings is 2. The molecule has 4 heteroatoms. The average molecular weight is 823 g/mol. The Morgan fingerprint density at radius 2 is 1.17 bits per heavy atom. The van der Waals surface area contributed by atoms with Crippen LogP contribution in [-0.4, -0.2) is 5.43 Å². The summed E-state index contributed by atoms with van der Waals surface area (Å²) in [6, 6.07) is 17.9. The first-order chi connectivity index (χ1) is 23.6. The summed E-state index contributed by atoms with van der Waals surface area (Å²) in [6.07, 6.45) is 39.3. The molecule has 0 saturated heterocycles. The maximum Gasteiger partial charge on any atom is -0.109 e. The molecule has 0 spiro atoms. The Hall–Kier alpha value is -1.96. The number of hydrogen-bond acceptors (Lipinski definition) is 0. The zero-order valence-corrected chi connectivity index (χ0v) is 37.8. The minimum absolute atomic E-state index is 0. The van der Waals surface area contributed by atoms with Crippen molar-refractivity contribution in [3.8, 4) is 0 Å². The molecule has 6 aliphatic rings. The average Bonchev–Trinajstić information content (AvgIpc) is 3.74. The van der Waals surface area contributed by atoms with Crippen molar-refractivity contribution in [1.29, 1.82) is 0 Å². The van der Waals surface area contributed by atoms with Gasteiger partial charge < -0.3 is 31.2 Å². The van der Waals surface area contributed by atoms with Gasteiger partial charge in [-0.05, 0) is 28.6 Å². The zero-order chi connectivity index (χ0) is 36.2. The van der Waals surface area contributed by atoms with E-state index in [1.54, 1.807) is 23.3 Å². The predicted octanol–water partition coefficient (Wildman–Crippen LogP) is 4.92. The van der Waals surface area contributed by atoms with Crippen LogP contribution < -0.4 is 35.2 Å². The van der Waals surface area contributed by atoms with Gasteiger partial charge in [-0.25, -0.2) is 12.2 Å². The quantitative estimate of drug-likeness (QED) is 0.299. The van der Waals surface area contributed by atoms with Crippen LogP contribution in [0.2, 0.25) is 0 Å². The van der Waals surface area contributed by atoms with E-state index in [1.807, 2.05) is 12.2 Å². The van der Waals surface area contributed by atoms with Crippen LogP contribution in [0.25, 0.3) is 0 Å². The van der Waals surface area contributed by atoms with Gasteiger partial charge in [0.15, 0.2) is 0 Å². The van der Waals surface area contributed by atoms with Crippen molar-refractivity contribution in [3.63, 3.8) is 0 Å². The molecule has 272 valence electrons. The number of allylic oxidation sites excluding steroid dienone is 16. The molecule has 0 heterocycles. The van der Waals surface area contributed by atoms with Crippen molar-refractivity contribution in [1.82, 2.24) is 0 Å². The smallest absolute Gasteiger partial charge is 0.109 e. The van der Waals surface area contributed by atoms with Crippen molar-refractivity contribution in [3.05, 3.63) is 163 Å². The molecule has 0 amide bonds. The first-order valence-corrected chi connectivity index (χ1v) is 23.7. The van der Waals surface area contributed by atoms with Crippen molar-refractivity contribution in [2.45, 2.75) is 75.7 Å². The Kier molecular flexibility index (Phi) is 12.6. The van der Waals surface area contributed by atoms with Crippen molar-refractivity contribution in [2.24, 2.45) is 43.8 Å². The topological polar surface area (TPSA) is 0 Å². The van der Waals surface area contributed by atoms with Gasteiger partial charge in [-0.1, -0.05) is 115 Å². The molecule has 0 nitrogen and oxygen atoms in total. The third-order valence-electron chi connectivity index (χ3n) is 15.2. The van der Waals surface area contributed by atoms with E-state index in [0.717, 1.165) is 6.42 Å². The molecule has 6 aliphatic carbocycles. The fraction of sp³-hybridized carbons (Fsp3) is 0.396. The van der Waals surface area contributed by atoms with E-state index in [-0.39, 0.29) is 62.7 Å². The van der Waals surface area contributed by atoms with E-state index in [9.17, 15) is 0 Å². The van der Waals surface area contributed by atoms with E-state index in [1.165, 1.54) is 27.1 Å². The monoisotopic (exact) mass is 820 g/mol. The summed E-state index contributed by atoms with van der Waals surface area (Å²) in [4.78, 5) is 0. The van der Waals surface area contributed by atoms with Crippen LogP contribution in [0.4, 0.5) is 0 Å². The van der Waals surface area contributed by atoms with Crippen LogP contribution in [0.5, 0.6) is 0 Å². The molecular formula is C48H56Cl2SiZr-2. The first-order valence-electron chi connectivity index (χ1n) is 18.5. The Balaban J connectivity index is 0.000000221. The number of aryl methyl sites for hydroxylation is 2. The van der Waals surface area contributed by atoms with E-state index in [0.29, 0.717) is 5.92 Å². The fourth-order valence-electron chi connectivity index (χ4n) is 11.4. The maximum absolute atomic E-state index is 2.99. The molecule has 2 aromatic carbocycles. The van der Waals surface area contributed by atoms with Gasteiger partial charge >= 0.3 is 113 Å². The number of fused-ring (bicyclic) bond motifs is 8. The van der Waals surface area contributed by atoms with E-state index < -0.39 is 5.43 Å². The summed E-state index contributed by atoms with van der Waals surface area (Å²) < 4.78 is 0. The molecule has 8 rings (SSSR count). The molecule has 0 radical (unpaired) electrons. The van der Waals surface area contributed by atoms with Crippen molar-refractivity contribution < 1.29 is 48.1 Å². The van der Waals surface area contributed by atoms with E-state index in [4.69, 9.17) is 0 Å². The van der Waals surface area contributed by atoms with Crippen LogP contribution in [0.3, 0.4) is 0 Å². The molecule has 0 aromatic heterocycles. The Morgan fingerprint density at radius 1 is 0.673 bits per heavy atom. The van der Waals surface area contributed by atoms with Gasteiger partial charge in [0.1, 0.15) is 0 Å². The number of hydrogen-bond donors (Lipinski definition) is 0. The van der Waals surface area contributed by atoms with E-state index in [2.05, 4.69) is 203 Å². The molecular weight excluding hydrogens is 767 g/mol. The normalized spacial score (nSPS) is 37.8. The van der Waals surface area contributed by atoms with Gasteiger partial charge in [0, 0.05) is 10.8 Å². The second kappa shape index (κ2) is 15.3. The van der Waals surface area contributed by atoms with Crippen molar-refractivity contribution in [2.75, 3.05) is 0 Å². The van der Waals surface area contributed by atoms with E-state index >= 15 is 0 Å². The van der Waals surface area contributed by atoms with Crippen LogP contribution in [0.15, 0.2) is 139 Å². The summed E-state index contributed by atoms with van der Waals surface area (Å²) in [5.41, 5.74) is 3.97. The van der Waals surface area contributed by atoms with Gasteiger partial charge in [-0.3, -0.25) is 6.08 Å². The molecule has 0 bridgehead atoms. The summed E-state index contributed by atoms with van der Waals surface area (Å²) in [7, 11) is 0. The molecule has 2 saturated carbocycles. The summed E-state index contributed by atoms with van der Waals surface area (Å²) in [5.74, 6) is 0.460. The number of rotatable bonds is 2. The molecule has 2 aromatic rings. The minimum Gasteiger partial charge on any atom is -1.00 e. The van der Waals surface area contributed by atoms with Gasteiger partial charge in [0.2, 0.25) is 0 Å². The Bertz CT molecular complexity index is 1890. The van der Waals surface area contributed by atoms with Gasteiger partial charge in [0.05, 0.1) is 0 Å². The molecule has 52 heavy (non-hydrogen) atoms. The second-order valence-electron chi connectivity index (χ2n) is 16.8. The van der Waals surface area contributed by atoms with Gasteiger partial charge in [-0.2, -0.15) is 6.08 Å². The number of halogens is 2. The van der Waals surface area contributed by atoms with Gasteiger partial charge in [0.25, 0.3) is 0 Å². The third-order valence-corrected chi connectivity index (χ3v) is 21.3.